The molecule has 9 heteroatoms. The van der Waals surface area contributed by atoms with Crippen LogP contribution < -0.4 is 0 Å². The van der Waals surface area contributed by atoms with E-state index in [9.17, 15) is 18.5 Å². The largest absolute Gasteiger partial charge is 0.269 e. The molecule has 0 spiro atoms. The van der Waals surface area contributed by atoms with Crippen molar-refractivity contribution in [3.05, 3.63) is 34.4 Å². The number of sulfone groups is 1. The van der Waals surface area contributed by atoms with Crippen LogP contribution in [-0.4, -0.2) is 29.0 Å². The molecule has 1 heterocycles. The molecule has 0 aliphatic rings. The van der Waals surface area contributed by atoms with Gasteiger partial charge >= 0.3 is 0 Å². The van der Waals surface area contributed by atoms with Crippen molar-refractivity contribution in [2.75, 3.05) is 6.26 Å². The highest BCUT2D eigenvalue weighted by atomic mass is 32.2. The van der Waals surface area contributed by atoms with Crippen LogP contribution in [0.15, 0.2) is 28.6 Å². The van der Waals surface area contributed by atoms with Gasteiger partial charge in [0.15, 0.2) is 5.82 Å². The first-order valence-electron chi connectivity index (χ1n) is 4.66. The van der Waals surface area contributed by atoms with Gasteiger partial charge in [0.05, 0.1) is 4.92 Å². The zero-order chi connectivity index (χ0) is 13.3. The van der Waals surface area contributed by atoms with E-state index in [2.05, 4.69) is 9.36 Å². The lowest BCUT2D eigenvalue weighted by atomic mass is 10.2. The number of non-ortho nitro benzene ring substituents is 1. The van der Waals surface area contributed by atoms with E-state index in [0.29, 0.717) is 5.56 Å². The van der Waals surface area contributed by atoms with E-state index in [1.165, 1.54) is 24.3 Å². The number of nitro groups is 1. The first kappa shape index (κ1) is 12.6. The van der Waals surface area contributed by atoms with Gasteiger partial charge in [-0.05, 0) is 23.7 Å². The summed E-state index contributed by atoms with van der Waals surface area (Å²) in [7, 11) is -3.37. The number of nitro benzene ring substituents is 1. The molecule has 7 nitrogen and oxygen atoms in total. The molecule has 0 fully saturated rings. The third-order valence-corrected chi connectivity index (χ3v) is 4.43. The maximum atomic E-state index is 11.2. The van der Waals surface area contributed by atoms with Crippen LogP contribution in [0.25, 0.3) is 11.4 Å². The fraction of sp³-hybridized carbons (Fsp3) is 0.111. The van der Waals surface area contributed by atoms with Crippen molar-refractivity contribution in [1.29, 1.82) is 0 Å². The number of benzene rings is 1. The van der Waals surface area contributed by atoms with Gasteiger partial charge in [0.2, 0.25) is 14.2 Å². The van der Waals surface area contributed by atoms with Crippen LogP contribution in [-0.2, 0) is 9.84 Å². The van der Waals surface area contributed by atoms with Crippen molar-refractivity contribution in [3.8, 4) is 11.4 Å². The summed E-state index contributed by atoms with van der Waals surface area (Å²) in [4.78, 5) is 13.8. The molecule has 2 rings (SSSR count). The minimum atomic E-state index is -3.37. The first-order chi connectivity index (χ1) is 8.38. The second kappa shape index (κ2) is 4.42. The minimum Gasteiger partial charge on any atom is -0.258 e. The van der Waals surface area contributed by atoms with E-state index in [1.54, 1.807) is 0 Å². The van der Waals surface area contributed by atoms with Gasteiger partial charge in [-0.1, -0.05) is 0 Å². The van der Waals surface area contributed by atoms with Crippen molar-refractivity contribution < 1.29 is 13.3 Å². The van der Waals surface area contributed by atoms with Gasteiger partial charge in [0.25, 0.3) is 5.69 Å². The molecule has 2 aromatic rings. The Kier molecular flexibility index (Phi) is 3.09. The average molecular weight is 285 g/mol. The lowest BCUT2D eigenvalue weighted by molar-refractivity contribution is -0.384. The van der Waals surface area contributed by atoms with E-state index in [4.69, 9.17) is 0 Å². The van der Waals surface area contributed by atoms with E-state index in [-0.39, 0.29) is 15.9 Å². The number of aromatic nitrogens is 2. The lowest BCUT2D eigenvalue weighted by Gasteiger charge is -1.94. The predicted molar refractivity (Wildman–Crippen MR) is 65.1 cm³/mol. The average Bonchev–Trinajstić information content (AvgIpc) is 2.78. The highest BCUT2D eigenvalue weighted by molar-refractivity contribution is 7.92. The van der Waals surface area contributed by atoms with Crippen LogP contribution in [0.5, 0.6) is 0 Å². The molecule has 18 heavy (non-hydrogen) atoms. The predicted octanol–water partition coefficient (Wildman–Crippen LogP) is 1.52. The molecule has 0 N–H and O–H groups in total. The maximum absolute atomic E-state index is 11.2. The molecule has 0 unspecified atom stereocenters. The SMILES string of the molecule is CS(=O)(=O)c1nc(-c2ccc([N+](=O)[O-])cc2)ns1. The number of rotatable bonds is 3. The van der Waals surface area contributed by atoms with Gasteiger partial charge in [0, 0.05) is 24.0 Å². The molecule has 0 atom stereocenters. The van der Waals surface area contributed by atoms with Crippen molar-refractivity contribution in [2.24, 2.45) is 0 Å². The van der Waals surface area contributed by atoms with Crippen molar-refractivity contribution >= 4 is 27.1 Å². The van der Waals surface area contributed by atoms with E-state index in [0.717, 1.165) is 17.8 Å². The summed E-state index contributed by atoms with van der Waals surface area (Å²) in [6.45, 7) is 0. The first-order valence-corrected chi connectivity index (χ1v) is 7.33. The zero-order valence-electron chi connectivity index (χ0n) is 9.10. The Hall–Kier alpha value is -1.87. The molecule has 0 aliphatic carbocycles. The van der Waals surface area contributed by atoms with Crippen molar-refractivity contribution in [3.63, 3.8) is 0 Å². The fourth-order valence-corrected chi connectivity index (χ4v) is 2.55. The second-order valence-corrected chi connectivity index (χ2v) is 6.40. The summed E-state index contributed by atoms with van der Waals surface area (Å²) >= 11 is 0.779. The van der Waals surface area contributed by atoms with Crippen LogP contribution >= 0.6 is 11.5 Å². The highest BCUT2D eigenvalue weighted by Crippen LogP contribution is 2.22. The van der Waals surface area contributed by atoms with Crippen LogP contribution in [0.2, 0.25) is 0 Å². The molecule has 1 aromatic heterocycles. The normalized spacial score (nSPS) is 11.4. The van der Waals surface area contributed by atoms with Crippen molar-refractivity contribution in [2.45, 2.75) is 4.34 Å². The van der Waals surface area contributed by atoms with Crippen molar-refractivity contribution in [1.82, 2.24) is 9.36 Å². The molecular formula is C9H7N3O4S2. The van der Waals surface area contributed by atoms with E-state index in [1.807, 2.05) is 0 Å². The number of nitrogens with zero attached hydrogens (tertiary/aromatic N) is 3. The molecule has 0 radical (unpaired) electrons. The summed E-state index contributed by atoms with van der Waals surface area (Å²) < 4.78 is 26.3. The topological polar surface area (TPSA) is 103 Å². The third kappa shape index (κ3) is 2.51. The minimum absolute atomic E-state index is 0.0442. The number of hydrogen-bond donors (Lipinski definition) is 0. The molecule has 0 aliphatic heterocycles. The van der Waals surface area contributed by atoms with Gasteiger partial charge in [-0.2, -0.15) is 4.37 Å². The molecule has 0 saturated carbocycles. The van der Waals surface area contributed by atoms with Gasteiger partial charge in [0.1, 0.15) is 0 Å². The molecular weight excluding hydrogens is 278 g/mol. The van der Waals surface area contributed by atoms with E-state index >= 15 is 0 Å². The molecule has 0 bridgehead atoms. The van der Waals surface area contributed by atoms with Gasteiger partial charge in [-0.15, -0.1) is 0 Å². The highest BCUT2D eigenvalue weighted by Gasteiger charge is 2.15. The summed E-state index contributed by atoms with van der Waals surface area (Å²) in [5.74, 6) is 0.246. The Morgan fingerprint density at radius 1 is 1.28 bits per heavy atom. The fourth-order valence-electron chi connectivity index (χ4n) is 1.21. The molecule has 1 aromatic carbocycles. The summed E-state index contributed by atoms with van der Waals surface area (Å²) in [5, 5.41) is 10.5. The summed E-state index contributed by atoms with van der Waals surface area (Å²) in [5.41, 5.74) is 0.490. The smallest absolute Gasteiger partial charge is 0.258 e. The molecule has 0 amide bonds. The summed E-state index contributed by atoms with van der Waals surface area (Å²) in [6.07, 6.45) is 1.05. The second-order valence-electron chi connectivity index (χ2n) is 3.46. The van der Waals surface area contributed by atoms with Gasteiger partial charge in [-0.3, -0.25) is 10.1 Å². The Bertz CT molecular complexity index is 691. The standard InChI is InChI=1S/C9H7N3O4S2/c1-18(15,16)9-10-8(11-17-9)6-2-4-7(5-3-6)12(13)14/h2-5H,1H3. The van der Waals surface area contributed by atoms with Gasteiger partial charge in [-0.25, -0.2) is 13.4 Å². The van der Waals surface area contributed by atoms with Crippen LogP contribution in [0, 0.1) is 10.1 Å². The quantitative estimate of drug-likeness (QED) is 0.625. The van der Waals surface area contributed by atoms with Crippen LogP contribution in [0.4, 0.5) is 5.69 Å². The van der Waals surface area contributed by atoms with E-state index < -0.39 is 14.8 Å². The Morgan fingerprint density at radius 3 is 2.33 bits per heavy atom. The Morgan fingerprint density at radius 2 is 1.89 bits per heavy atom. The number of hydrogen-bond acceptors (Lipinski definition) is 7. The van der Waals surface area contributed by atoms with Gasteiger partial charge < -0.3 is 0 Å². The monoisotopic (exact) mass is 285 g/mol. The summed E-state index contributed by atoms with van der Waals surface area (Å²) in [6, 6.07) is 5.59. The lowest BCUT2D eigenvalue weighted by Crippen LogP contribution is -1.95. The maximum Gasteiger partial charge on any atom is 0.269 e. The Labute approximate surface area is 106 Å². The van der Waals surface area contributed by atoms with Crippen LogP contribution in [0.3, 0.4) is 0 Å². The third-order valence-electron chi connectivity index (χ3n) is 2.06. The van der Waals surface area contributed by atoms with Crippen LogP contribution in [0.1, 0.15) is 0 Å². The Balaban J connectivity index is 2.38. The molecule has 0 saturated heterocycles. The zero-order valence-corrected chi connectivity index (χ0v) is 10.7. The molecule has 94 valence electrons.